The topological polar surface area (TPSA) is 68.3 Å². The summed E-state index contributed by atoms with van der Waals surface area (Å²) in [5.41, 5.74) is 3.12. The second-order valence-corrected chi connectivity index (χ2v) is 6.98. The van der Waals surface area contributed by atoms with Crippen LogP contribution in [0.15, 0.2) is 41.6 Å². The number of nitrogens with one attached hydrogen (secondary N) is 1. The van der Waals surface area contributed by atoms with Gasteiger partial charge in [-0.1, -0.05) is 24.3 Å². The quantitative estimate of drug-likeness (QED) is 0.781. The molecule has 6 heteroatoms. The van der Waals surface area contributed by atoms with Gasteiger partial charge in [-0.15, -0.1) is 0 Å². The van der Waals surface area contributed by atoms with E-state index in [1.165, 1.54) is 0 Å². The fraction of sp³-hybridized carbons (Fsp3) is 0.333. The minimum Gasteiger partial charge on any atom is -0.491 e. The fourth-order valence-corrected chi connectivity index (χ4v) is 3.08. The molecule has 0 saturated heterocycles. The number of benzene rings is 1. The lowest BCUT2D eigenvalue weighted by Gasteiger charge is -2.12. The van der Waals surface area contributed by atoms with Crippen LogP contribution in [0.3, 0.4) is 0 Å². The van der Waals surface area contributed by atoms with Crippen molar-refractivity contribution >= 4 is 16.7 Å². The number of ether oxygens (including phenoxy) is 1. The molecule has 0 aliphatic carbocycles. The van der Waals surface area contributed by atoms with Crippen LogP contribution in [0.2, 0.25) is 0 Å². The molecule has 2 aromatic rings. The number of nitrogens with zero attached hydrogens (tertiary/aromatic N) is 1. The monoisotopic (exact) mass is 346 g/mol. The van der Waals surface area contributed by atoms with Crippen molar-refractivity contribution in [3.8, 4) is 5.75 Å². The first-order valence-electron chi connectivity index (χ1n) is 7.74. The van der Waals surface area contributed by atoms with Gasteiger partial charge in [0, 0.05) is 6.20 Å². The lowest BCUT2D eigenvalue weighted by Crippen LogP contribution is -2.32. The lowest BCUT2D eigenvalue weighted by atomic mass is 10.1. The number of carbonyl (C=O) groups is 1. The smallest absolute Gasteiger partial charge is 0.233 e. The molecule has 0 aliphatic heterocycles. The summed E-state index contributed by atoms with van der Waals surface area (Å²) in [7, 11) is -1.43. The largest absolute Gasteiger partial charge is 0.491 e. The third-order valence-corrected chi connectivity index (χ3v) is 4.69. The number of aryl methyl sites for hydroxylation is 3. The lowest BCUT2D eigenvalue weighted by molar-refractivity contribution is -0.118. The number of amides is 1. The minimum atomic E-state index is -1.43. The number of pyridine rings is 1. The summed E-state index contributed by atoms with van der Waals surface area (Å²) in [6.07, 6.45) is 1.64. The first kappa shape index (κ1) is 18.1. The van der Waals surface area contributed by atoms with Crippen molar-refractivity contribution < 1.29 is 13.7 Å². The third kappa shape index (κ3) is 5.16. The SMILES string of the molecule is Cc1ccc([S@@](=O)CC(=O)NCCOc2c(C)cccc2C)nc1. The first-order valence-corrected chi connectivity index (χ1v) is 9.06. The highest BCUT2D eigenvalue weighted by Crippen LogP contribution is 2.21. The average molecular weight is 346 g/mol. The van der Waals surface area contributed by atoms with E-state index in [0.29, 0.717) is 18.2 Å². The van der Waals surface area contributed by atoms with Gasteiger partial charge in [-0.05, 0) is 43.5 Å². The van der Waals surface area contributed by atoms with E-state index < -0.39 is 10.8 Å². The van der Waals surface area contributed by atoms with Crippen molar-refractivity contribution in [2.24, 2.45) is 0 Å². The first-order chi connectivity index (χ1) is 11.5. The Hall–Kier alpha value is -2.21. The van der Waals surface area contributed by atoms with Crippen molar-refractivity contribution in [3.05, 3.63) is 53.2 Å². The molecule has 0 unspecified atom stereocenters. The highest BCUT2D eigenvalue weighted by atomic mass is 32.2. The number of rotatable bonds is 7. The van der Waals surface area contributed by atoms with E-state index in [1.54, 1.807) is 12.3 Å². The van der Waals surface area contributed by atoms with Crippen molar-refractivity contribution in [3.63, 3.8) is 0 Å². The Morgan fingerprint density at radius 3 is 2.50 bits per heavy atom. The summed E-state index contributed by atoms with van der Waals surface area (Å²) in [6, 6.07) is 9.46. The molecular weight excluding hydrogens is 324 g/mol. The van der Waals surface area contributed by atoms with E-state index in [-0.39, 0.29) is 11.7 Å². The molecule has 0 saturated carbocycles. The molecule has 24 heavy (non-hydrogen) atoms. The molecule has 5 nitrogen and oxygen atoms in total. The molecule has 1 amide bonds. The van der Waals surface area contributed by atoms with Gasteiger partial charge in [0.25, 0.3) is 0 Å². The van der Waals surface area contributed by atoms with E-state index in [0.717, 1.165) is 22.4 Å². The van der Waals surface area contributed by atoms with Crippen molar-refractivity contribution in [1.29, 1.82) is 0 Å². The van der Waals surface area contributed by atoms with Gasteiger partial charge in [0.2, 0.25) is 5.91 Å². The molecular formula is C18H22N2O3S. The van der Waals surface area contributed by atoms with Crippen molar-refractivity contribution in [2.45, 2.75) is 25.8 Å². The number of hydrogen-bond donors (Lipinski definition) is 1. The molecule has 0 bridgehead atoms. The van der Waals surface area contributed by atoms with E-state index in [1.807, 2.05) is 45.0 Å². The maximum absolute atomic E-state index is 12.1. The van der Waals surface area contributed by atoms with E-state index in [4.69, 9.17) is 4.74 Å². The molecule has 1 atom stereocenters. The number of para-hydroxylation sites is 1. The maximum Gasteiger partial charge on any atom is 0.233 e. The zero-order chi connectivity index (χ0) is 17.5. The molecule has 1 N–H and O–H groups in total. The van der Waals surface area contributed by atoms with E-state index in [2.05, 4.69) is 10.3 Å². The molecule has 2 rings (SSSR count). The maximum atomic E-state index is 12.1. The standard InChI is InChI=1S/C18H22N2O3S/c1-13-7-8-17(20-11-13)24(22)12-16(21)19-9-10-23-18-14(2)5-4-6-15(18)3/h4-8,11H,9-10,12H2,1-3H3,(H,19,21)/t24-/m0/s1. The highest BCUT2D eigenvalue weighted by molar-refractivity contribution is 7.85. The fourth-order valence-electron chi connectivity index (χ4n) is 2.20. The average Bonchev–Trinajstić information content (AvgIpc) is 2.54. The minimum absolute atomic E-state index is 0.0978. The second kappa shape index (κ2) is 8.59. The van der Waals surface area contributed by atoms with Gasteiger partial charge in [0.1, 0.15) is 23.1 Å². The van der Waals surface area contributed by atoms with Gasteiger partial charge < -0.3 is 10.1 Å². The van der Waals surface area contributed by atoms with Gasteiger partial charge in [0.05, 0.1) is 17.3 Å². The predicted octanol–water partition coefficient (Wildman–Crippen LogP) is 2.31. The van der Waals surface area contributed by atoms with Crippen LogP contribution in [0.5, 0.6) is 5.75 Å². The van der Waals surface area contributed by atoms with Gasteiger partial charge in [-0.2, -0.15) is 0 Å². The summed E-state index contributed by atoms with van der Waals surface area (Å²) in [4.78, 5) is 15.9. The number of aromatic nitrogens is 1. The third-order valence-electron chi connectivity index (χ3n) is 3.46. The second-order valence-electron chi connectivity index (χ2n) is 5.58. The highest BCUT2D eigenvalue weighted by Gasteiger charge is 2.11. The summed E-state index contributed by atoms with van der Waals surface area (Å²) in [5, 5.41) is 3.14. The van der Waals surface area contributed by atoms with Crippen molar-refractivity contribution in [1.82, 2.24) is 10.3 Å². The van der Waals surface area contributed by atoms with Crippen LogP contribution in [0.4, 0.5) is 0 Å². The Kier molecular flexibility index (Phi) is 6.49. The van der Waals surface area contributed by atoms with Crippen LogP contribution in [0.1, 0.15) is 16.7 Å². The van der Waals surface area contributed by atoms with Gasteiger partial charge in [-0.3, -0.25) is 9.00 Å². The van der Waals surface area contributed by atoms with Gasteiger partial charge >= 0.3 is 0 Å². The summed E-state index contributed by atoms with van der Waals surface area (Å²) < 4.78 is 17.8. The zero-order valence-corrected chi connectivity index (χ0v) is 15.0. The Bertz CT molecular complexity index is 709. The summed E-state index contributed by atoms with van der Waals surface area (Å²) in [5.74, 6) is 0.472. The predicted molar refractivity (Wildman–Crippen MR) is 94.7 cm³/mol. The molecule has 0 aliphatic rings. The molecule has 1 aromatic carbocycles. The molecule has 128 valence electrons. The summed E-state index contributed by atoms with van der Waals surface area (Å²) in [6.45, 7) is 6.61. The van der Waals surface area contributed by atoms with Crippen LogP contribution >= 0.6 is 0 Å². The zero-order valence-electron chi connectivity index (χ0n) is 14.2. The van der Waals surface area contributed by atoms with Crippen LogP contribution in [-0.4, -0.2) is 34.0 Å². The summed E-state index contributed by atoms with van der Waals surface area (Å²) >= 11 is 0. The van der Waals surface area contributed by atoms with E-state index in [9.17, 15) is 9.00 Å². The van der Waals surface area contributed by atoms with Gasteiger partial charge in [-0.25, -0.2) is 4.98 Å². The van der Waals surface area contributed by atoms with Crippen LogP contribution in [-0.2, 0) is 15.6 Å². The normalized spacial score (nSPS) is 11.8. The molecule has 1 aromatic heterocycles. The molecule has 1 heterocycles. The Labute approximate surface area is 144 Å². The Morgan fingerprint density at radius 2 is 1.88 bits per heavy atom. The van der Waals surface area contributed by atoms with Crippen LogP contribution in [0, 0.1) is 20.8 Å². The van der Waals surface area contributed by atoms with Crippen LogP contribution in [0.25, 0.3) is 0 Å². The number of carbonyl (C=O) groups excluding carboxylic acids is 1. The number of hydrogen-bond acceptors (Lipinski definition) is 4. The molecule has 0 radical (unpaired) electrons. The molecule has 0 fully saturated rings. The van der Waals surface area contributed by atoms with Crippen molar-refractivity contribution in [2.75, 3.05) is 18.9 Å². The Morgan fingerprint density at radius 1 is 1.17 bits per heavy atom. The van der Waals surface area contributed by atoms with Gasteiger partial charge in [0.15, 0.2) is 0 Å². The van der Waals surface area contributed by atoms with Crippen LogP contribution < -0.4 is 10.1 Å². The Balaban J connectivity index is 1.75. The van der Waals surface area contributed by atoms with E-state index >= 15 is 0 Å². The molecule has 0 spiro atoms.